The molecule has 0 aliphatic heterocycles. The molecule has 1 heterocycles. The molecule has 1 aromatic heterocycles. The van der Waals surface area contributed by atoms with Gasteiger partial charge in [-0.1, -0.05) is 29.8 Å². The van der Waals surface area contributed by atoms with Crippen molar-refractivity contribution in [1.82, 2.24) is 0 Å². The van der Waals surface area contributed by atoms with Crippen LogP contribution >= 0.6 is 22.9 Å². The van der Waals surface area contributed by atoms with E-state index < -0.39 is 0 Å². The van der Waals surface area contributed by atoms with Crippen LogP contribution < -0.4 is 0 Å². The van der Waals surface area contributed by atoms with Gasteiger partial charge >= 0.3 is 0 Å². The third-order valence-corrected chi connectivity index (χ3v) is 4.20. The number of carbonyl (C=O) groups is 1. The largest absolute Gasteiger partial charge is 0.299 e. The molecule has 0 aliphatic rings. The Kier molecular flexibility index (Phi) is 4.20. The minimum atomic E-state index is 0.233. The molecule has 3 heteroatoms. The zero-order valence-electron chi connectivity index (χ0n) is 10.5. The zero-order valence-corrected chi connectivity index (χ0v) is 12.1. The number of thiophene rings is 1. The van der Waals surface area contributed by atoms with Crippen LogP contribution in [0.15, 0.2) is 30.3 Å². The van der Waals surface area contributed by atoms with Crippen LogP contribution in [-0.4, -0.2) is 5.78 Å². The van der Waals surface area contributed by atoms with Crippen molar-refractivity contribution in [2.24, 2.45) is 0 Å². The van der Waals surface area contributed by atoms with E-state index >= 15 is 0 Å². The van der Waals surface area contributed by atoms with Gasteiger partial charge in [-0.2, -0.15) is 0 Å². The van der Waals surface area contributed by atoms with Gasteiger partial charge in [0.1, 0.15) is 5.78 Å². The molecule has 1 nitrogen and oxygen atoms in total. The fourth-order valence-electron chi connectivity index (χ4n) is 1.84. The SMILES string of the molecule is Cc1ccc(CC(=O)Cc2ccc(Cl)s2)cc1C. The molecule has 0 bridgehead atoms. The maximum Gasteiger partial charge on any atom is 0.142 e. The first kappa shape index (κ1) is 13.3. The number of hydrogen-bond acceptors (Lipinski definition) is 2. The van der Waals surface area contributed by atoms with Gasteiger partial charge in [0.2, 0.25) is 0 Å². The fraction of sp³-hybridized carbons (Fsp3) is 0.267. The van der Waals surface area contributed by atoms with Crippen LogP contribution in [0.1, 0.15) is 21.6 Å². The molecule has 18 heavy (non-hydrogen) atoms. The summed E-state index contributed by atoms with van der Waals surface area (Å²) in [6.45, 7) is 4.15. The first-order chi connectivity index (χ1) is 8.54. The Balaban J connectivity index is 2.00. The molecule has 94 valence electrons. The Morgan fingerprint density at radius 3 is 2.50 bits per heavy atom. The van der Waals surface area contributed by atoms with Gasteiger partial charge in [0, 0.05) is 17.7 Å². The number of Topliss-reactive ketones (excluding diaryl/α,β-unsaturated/α-hetero) is 1. The van der Waals surface area contributed by atoms with Crippen LogP contribution in [0.2, 0.25) is 4.34 Å². The van der Waals surface area contributed by atoms with Crippen molar-refractivity contribution in [2.45, 2.75) is 26.7 Å². The van der Waals surface area contributed by atoms with E-state index in [9.17, 15) is 4.79 Å². The van der Waals surface area contributed by atoms with Gasteiger partial charge in [-0.3, -0.25) is 4.79 Å². The van der Waals surface area contributed by atoms with Crippen molar-refractivity contribution in [3.63, 3.8) is 0 Å². The maximum atomic E-state index is 12.0. The summed E-state index contributed by atoms with van der Waals surface area (Å²) in [4.78, 5) is 13.0. The summed E-state index contributed by atoms with van der Waals surface area (Å²) in [6, 6.07) is 9.95. The number of halogens is 1. The fourth-order valence-corrected chi connectivity index (χ4v) is 2.96. The molecule has 0 atom stereocenters. The van der Waals surface area contributed by atoms with E-state index in [-0.39, 0.29) is 5.78 Å². The molecule has 2 aromatic rings. The van der Waals surface area contributed by atoms with Gasteiger partial charge in [-0.25, -0.2) is 0 Å². The summed E-state index contributed by atoms with van der Waals surface area (Å²) in [7, 11) is 0. The molecular weight excluding hydrogens is 264 g/mol. The number of aryl methyl sites for hydroxylation is 2. The van der Waals surface area contributed by atoms with Crippen molar-refractivity contribution >= 4 is 28.7 Å². The monoisotopic (exact) mass is 278 g/mol. The van der Waals surface area contributed by atoms with Crippen LogP contribution in [0.3, 0.4) is 0 Å². The minimum Gasteiger partial charge on any atom is -0.299 e. The van der Waals surface area contributed by atoms with Gasteiger partial charge in [-0.15, -0.1) is 11.3 Å². The first-order valence-electron chi connectivity index (χ1n) is 5.86. The Morgan fingerprint density at radius 2 is 1.89 bits per heavy atom. The van der Waals surface area contributed by atoms with Gasteiger partial charge in [0.15, 0.2) is 0 Å². The lowest BCUT2D eigenvalue weighted by atomic mass is 10.0. The van der Waals surface area contributed by atoms with E-state index in [1.165, 1.54) is 22.5 Å². The maximum absolute atomic E-state index is 12.0. The highest BCUT2D eigenvalue weighted by Gasteiger charge is 2.08. The molecule has 0 radical (unpaired) electrons. The van der Waals surface area contributed by atoms with E-state index in [2.05, 4.69) is 26.0 Å². The van der Waals surface area contributed by atoms with Crippen LogP contribution in [0.25, 0.3) is 0 Å². The van der Waals surface area contributed by atoms with Gasteiger partial charge in [0.05, 0.1) is 4.34 Å². The van der Waals surface area contributed by atoms with Crippen molar-refractivity contribution in [3.8, 4) is 0 Å². The van der Waals surface area contributed by atoms with Gasteiger partial charge in [0.25, 0.3) is 0 Å². The summed E-state index contributed by atoms with van der Waals surface area (Å²) in [5.74, 6) is 0.233. The van der Waals surface area contributed by atoms with E-state index in [0.717, 1.165) is 14.8 Å². The molecule has 1 aromatic carbocycles. The van der Waals surface area contributed by atoms with Crippen LogP contribution in [0, 0.1) is 13.8 Å². The highest BCUT2D eigenvalue weighted by Crippen LogP contribution is 2.22. The molecule has 0 fully saturated rings. The molecule has 0 N–H and O–H groups in total. The molecule has 0 amide bonds. The zero-order chi connectivity index (χ0) is 13.1. The third-order valence-electron chi connectivity index (χ3n) is 2.97. The van der Waals surface area contributed by atoms with Crippen molar-refractivity contribution in [3.05, 3.63) is 56.2 Å². The van der Waals surface area contributed by atoms with Crippen LogP contribution in [0.5, 0.6) is 0 Å². The third kappa shape index (κ3) is 3.44. The van der Waals surface area contributed by atoms with E-state index in [4.69, 9.17) is 11.6 Å². The van der Waals surface area contributed by atoms with Crippen molar-refractivity contribution < 1.29 is 4.79 Å². The number of carbonyl (C=O) groups excluding carboxylic acids is 1. The molecule has 0 unspecified atom stereocenters. The predicted octanol–water partition coefficient (Wildman–Crippen LogP) is 4.37. The quantitative estimate of drug-likeness (QED) is 0.811. The molecule has 2 rings (SSSR count). The molecule has 0 saturated carbocycles. The highest BCUT2D eigenvalue weighted by molar-refractivity contribution is 7.16. The van der Waals surface area contributed by atoms with Gasteiger partial charge < -0.3 is 0 Å². The van der Waals surface area contributed by atoms with Crippen LogP contribution in [-0.2, 0) is 17.6 Å². The minimum absolute atomic E-state index is 0.233. The Labute approximate surface area is 116 Å². The Hall–Kier alpha value is -1.12. The van der Waals surface area contributed by atoms with E-state index in [0.29, 0.717) is 12.8 Å². The number of benzene rings is 1. The number of rotatable bonds is 4. The lowest BCUT2D eigenvalue weighted by Crippen LogP contribution is -2.05. The second-order valence-corrected chi connectivity index (χ2v) is 6.32. The normalized spacial score (nSPS) is 10.6. The van der Waals surface area contributed by atoms with Crippen molar-refractivity contribution in [2.75, 3.05) is 0 Å². The average molecular weight is 279 g/mol. The van der Waals surface area contributed by atoms with E-state index in [1.54, 1.807) is 0 Å². The summed E-state index contributed by atoms with van der Waals surface area (Å²) in [5.41, 5.74) is 3.58. The number of ketones is 1. The van der Waals surface area contributed by atoms with Crippen LogP contribution in [0.4, 0.5) is 0 Å². The lowest BCUT2D eigenvalue weighted by molar-refractivity contribution is -0.117. The topological polar surface area (TPSA) is 17.1 Å². The summed E-state index contributed by atoms with van der Waals surface area (Å²) in [5, 5.41) is 0. The summed E-state index contributed by atoms with van der Waals surface area (Å²) >= 11 is 7.33. The molecule has 0 aliphatic carbocycles. The van der Waals surface area contributed by atoms with Gasteiger partial charge in [-0.05, 0) is 42.7 Å². The Bertz CT molecular complexity index is 572. The standard InChI is InChI=1S/C15H15ClOS/c1-10-3-4-12(7-11(10)2)8-13(17)9-14-5-6-15(16)18-14/h3-7H,8-9H2,1-2H3. The average Bonchev–Trinajstić information content (AvgIpc) is 2.69. The van der Waals surface area contributed by atoms with E-state index in [1.807, 2.05) is 18.2 Å². The molecular formula is C15H15ClOS. The first-order valence-corrected chi connectivity index (χ1v) is 7.06. The highest BCUT2D eigenvalue weighted by atomic mass is 35.5. The summed E-state index contributed by atoms with van der Waals surface area (Å²) in [6.07, 6.45) is 0.973. The second kappa shape index (κ2) is 5.68. The van der Waals surface area contributed by atoms with Crippen molar-refractivity contribution in [1.29, 1.82) is 0 Å². The molecule has 0 spiro atoms. The second-order valence-electron chi connectivity index (χ2n) is 4.52. The predicted molar refractivity (Wildman–Crippen MR) is 77.7 cm³/mol. The lowest BCUT2D eigenvalue weighted by Gasteiger charge is -2.04. The number of hydrogen-bond donors (Lipinski definition) is 0. The summed E-state index contributed by atoms with van der Waals surface area (Å²) < 4.78 is 0.740. The Morgan fingerprint density at radius 1 is 1.11 bits per heavy atom. The smallest absolute Gasteiger partial charge is 0.142 e. The molecule has 0 saturated heterocycles.